The summed E-state index contributed by atoms with van der Waals surface area (Å²) < 4.78 is 7.35. The van der Waals surface area contributed by atoms with Gasteiger partial charge in [-0.25, -0.2) is 0 Å². The molecule has 0 aromatic heterocycles. The summed E-state index contributed by atoms with van der Waals surface area (Å²) in [5.74, 6) is 0.767. The van der Waals surface area contributed by atoms with E-state index in [9.17, 15) is 0 Å². The maximum absolute atomic E-state index is 6.23. The molecule has 1 unspecified atom stereocenters. The SMILES string of the molecule is CCNCC(OCC1CCCCC1)c1ccc(Br)cc1. The first-order valence-electron chi connectivity index (χ1n) is 7.87. The Morgan fingerprint density at radius 1 is 1.20 bits per heavy atom. The van der Waals surface area contributed by atoms with Crippen LogP contribution in [0.25, 0.3) is 0 Å². The Morgan fingerprint density at radius 2 is 1.90 bits per heavy atom. The molecule has 1 aliphatic carbocycles. The molecule has 20 heavy (non-hydrogen) atoms. The molecule has 0 bridgehead atoms. The van der Waals surface area contributed by atoms with Crippen molar-refractivity contribution in [2.45, 2.75) is 45.1 Å². The van der Waals surface area contributed by atoms with Crippen molar-refractivity contribution in [3.63, 3.8) is 0 Å². The van der Waals surface area contributed by atoms with Crippen molar-refractivity contribution in [1.29, 1.82) is 0 Å². The van der Waals surface area contributed by atoms with E-state index in [0.29, 0.717) is 0 Å². The maximum atomic E-state index is 6.23. The number of likely N-dealkylation sites (N-methyl/N-ethyl adjacent to an activating group) is 1. The van der Waals surface area contributed by atoms with Gasteiger partial charge in [-0.1, -0.05) is 54.2 Å². The van der Waals surface area contributed by atoms with Crippen LogP contribution in [0.1, 0.15) is 50.7 Å². The van der Waals surface area contributed by atoms with Crippen LogP contribution in [0, 0.1) is 5.92 Å². The summed E-state index contributed by atoms with van der Waals surface area (Å²) in [5, 5.41) is 3.41. The Morgan fingerprint density at radius 3 is 2.55 bits per heavy atom. The van der Waals surface area contributed by atoms with E-state index in [0.717, 1.165) is 30.1 Å². The zero-order valence-electron chi connectivity index (χ0n) is 12.4. The second kappa shape index (κ2) is 8.81. The smallest absolute Gasteiger partial charge is 0.0949 e. The van der Waals surface area contributed by atoms with Gasteiger partial charge in [0.05, 0.1) is 12.7 Å². The van der Waals surface area contributed by atoms with Crippen LogP contribution in [0.3, 0.4) is 0 Å². The number of benzene rings is 1. The number of hydrogen-bond donors (Lipinski definition) is 1. The van der Waals surface area contributed by atoms with Crippen molar-refractivity contribution >= 4 is 15.9 Å². The standard InChI is InChI=1S/C17H26BrNO/c1-2-19-12-17(15-8-10-16(18)11-9-15)20-13-14-6-4-3-5-7-14/h8-11,14,17,19H,2-7,12-13H2,1H3. The molecule has 1 atom stereocenters. The molecule has 3 heteroatoms. The molecule has 1 saturated carbocycles. The minimum atomic E-state index is 0.171. The number of halogens is 1. The van der Waals surface area contributed by atoms with Gasteiger partial charge in [0.1, 0.15) is 0 Å². The number of rotatable bonds is 7. The Kier molecular flexibility index (Phi) is 7.05. The predicted octanol–water partition coefficient (Wildman–Crippen LogP) is 4.70. The molecule has 2 rings (SSSR count). The van der Waals surface area contributed by atoms with Gasteiger partial charge in [0.2, 0.25) is 0 Å². The molecule has 0 radical (unpaired) electrons. The highest BCUT2D eigenvalue weighted by molar-refractivity contribution is 9.10. The van der Waals surface area contributed by atoms with Crippen LogP contribution in [-0.4, -0.2) is 19.7 Å². The summed E-state index contributed by atoms with van der Waals surface area (Å²) in [5.41, 5.74) is 1.27. The molecular formula is C17H26BrNO. The molecule has 0 saturated heterocycles. The summed E-state index contributed by atoms with van der Waals surface area (Å²) in [6.07, 6.45) is 7.02. The van der Waals surface area contributed by atoms with Crippen LogP contribution in [-0.2, 0) is 4.74 Å². The monoisotopic (exact) mass is 339 g/mol. The zero-order chi connectivity index (χ0) is 14.2. The Hall–Kier alpha value is -0.380. The zero-order valence-corrected chi connectivity index (χ0v) is 14.0. The summed E-state index contributed by atoms with van der Waals surface area (Å²) in [6.45, 7) is 4.93. The average molecular weight is 340 g/mol. The van der Waals surface area contributed by atoms with E-state index in [4.69, 9.17) is 4.74 Å². The maximum Gasteiger partial charge on any atom is 0.0949 e. The fourth-order valence-corrected chi connectivity index (χ4v) is 3.10. The number of nitrogens with one attached hydrogen (secondary N) is 1. The minimum absolute atomic E-state index is 0.171. The highest BCUT2D eigenvalue weighted by atomic mass is 79.9. The summed E-state index contributed by atoms with van der Waals surface area (Å²) >= 11 is 3.49. The molecule has 0 heterocycles. The quantitative estimate of drug-likeness (QED) is 0.777. The van der Waals surface area contributed by atoms with Gasteiger partial charge in [-0.05, 0) is 43.0 Å². The summed E-state index contributed by atoms with van der Waals surface area (Å²) in [6, 6.07) is 8.51. The van der Waals surface area contributed by atoms with Crippen molar-refractivity contribution in [2.24, 2.45) is 5.92 Å². The van der Waals surface area contributed by atoms with E-state index in [1.165, 1.54) is 37.7 Å². The van der Waals surface area contributed by atoms with E-state index in [1.54, 1.807) is 0 Å². The lowest BCUT2D eigenvalue weighted by atomic mass is 9.90. The van der Waals surface area contributed by atoms with E-state index >= 15 is 0 Å². The van der Waals surface area contributed by atoms with Crippen LogP contribution in [0.2, 0.25) is 0 Å². The van der Waals surface area contributed by atoms with Gasteiger partial charge in [0.15, 0.2) is 0 Å². The van der Waals surface area contributed by atoms with Gasteiger partial charge in [-0.2, -0.15) is 0 Å². The van der Waals surface area contributed by atoms with E-state index in [-0.39, 0.29) is 6.10 Å². The molecule has 1 aromatic rings. The van der Waals surface area contributed by atoms with Crippen LogP contribution < -0.4 is 5.32 Å². The van der Waals surface area contributed by atoms with Gasteiger partial charge in [0.25, 0.3) is 0 Å². The molecule has 0 spiro atoms. The minimum Gasteiger partial charge on any atom is -0.372 e. The lowest BCUT2D eigenvalue weighted by Gasteiger charge is -2.25. The molecule has 1 N–H and O–H groups in total. The molecular weight excluding hydrogens is 314 g/mol. The highest BCUT2D eigenvalue weighted by Crippen LogP contribution is 2.26. The van der Waals surface area contributed by atoms with Gasteiger partial charge in [-0.15, -0.1) is 0 Å². The lowest BCUT2D eigenvalue weighted by Crippen LogP contribution is -2.25. The van der Waals surface area contributed by atoms with Crippen molar-refractivity contribution in [1.82, 2.24) is 5.32 Å². The molecule has 112 valence electrons. The Labute approximate surface area is 131 Å². The lowest BCUT2D eigenvalue weighted by molar-refractivity contribution is 0.0202. The molecule has 0 amide bonds. The summed E-state index contributed by atoms with van der Waals surface area (Å²) in [4.78, 5) is 0. The number of hydrogen-bond acceptors (Lipinski definition) is 2. The predicted molar refractivity (Wildman–Crippen MR) is 88.0 cm³/mol. The molecule has 1 fully saturated rings. The first-order valence-corrected chi connectivity index (χ1v) is 8.66. The van der Waals surface area contributed by atoms with Crippen molar-refractivity contribution in [2.75, 3.05) is 19.7 Å². The van der Waals surface area contributed by atoms with E-state index < -0.39 is 0 Å². The average Bonchev–Trinajstić information content (AvgIpc) is 2.50. The van der Waals surface area contributed by atoms with Crippen LogP contribution in [0.5, 0.6) is 0 Å². The van der Waals surface area contributed by atoms with Gasteiger partial charge in [-0.3, -0.25) is 0 Å². The fraction of sp³-hybridized carbons (Fsp3) is 0.647. The third-order valence-corrected chi connectivity index (χ3v) is 4.61. The Bertz CT molecular complexity index is 373. The molecule has 2 nitrogen and oxygen atoms in total. The second-order valence-electron chi connectivity index (χ2n) is 5.69. The van der Waals surface area contributed by atoms with Gasteiger partial charge in [0, 0.05) is 11.0 Å². The third-order valence-electron chi connectivity index (χ3n) is 4.08. The normalized spacial score (nSPS) is 18.1. The molecule has 1 aromatic carbocycles. The third kappa shape index (κ3) is 5.19. The van der Waals surface area contributed by atoms with Crippen molar-refractivity contribution in [3.8, 4) is 0 Å². The Balaban J connectivity index is 1.90. The molecule has 0 aliphatic heterocycles. The largest absolute Gasteiger partial charge is 0.372 e. The van der Waals surface area contributed by atoms with Crippen LogP contribution >= 0.6 is 15.9 Å². The first-order chi connectivity index (χ1) is 9.79. The second-order valence-corrected chi connectivity index (χ2v) is 6.60. The van der Waals surface area contributed by atoms with Crippen LogP contribution in [0.15, 0.2) is 28.7 Å². The van der Waals surface area contributed by atoms with E-state index in [1.807, 2.05) is 0 Å². The van der Waals surface area contributed by atoms with Crippen LogP contribution in [0.4, 0.5) is 0 Å². The topological polar surface area (TPSA) is 21.3 Å². The van der Waals surface area contributed by atoms with Gasteiger partial charge < -0.3 is 10.1 Å². The first kappa shape index (κ1) is 16.0. The van der Waals surface area contributed by atoms with Crippen molar-refractivity contribution < 1.29 is 4.74 Å². The fourth-order valence-electron chi connectivity index (χ4n) is 2.83. The van der Waals surface area contributed by atoms with Crippen molar-refractivity contribution in [3.05, 3.63) is 34.3 Å². The summed E-state index contributed by atoms with van der Waals surface area (Å²) in [7, 11) is 0. The number of ether oxygens (including phenoxy) is 1. The highest BCUT2D eigenvalue weighted by Gasteiger charge is 2.17. The molecule has 1 aliphatic rings. The van der Waals surface area contributed by atoms with Gasteiger partial charge >= 0.3 is 0 Å². The van der Waals surface area contributed by atoms with E-state index in [2.05, 4.69) is 52.4 Å².